The molecule has 1 heterocycles. The number of halogens is 1. The van der Waals surface area contributed by atoms with Crippen LogP contribution in [0, 0.1) is 0 Å². The topological polar surface area (TPSA) is 19.0 Å². The molecule has 5 heteroatoms. The third kappa shape index (κ3) is 6.40. The minimum atomic E-state index is 0.784. The van der Waals surface area contributed by atoms with E-state index in [2.05, 4.69) is 65.2 Å². The number of anilines is 1. The molecule has 0 amide bonds. The number of benzene rings is 2. The summed E-state index contributed by atoms with van der Waals surface area (Å²) in [5.41, 5.74) is 2.47. The zero-order valence-electron chi connectivity index (χ0n) is 17.1. The van der Waals surface area contributed by atoms with Gasteiger partial charge in [-0.3, -0.25) is 4.90 Å². The first-order chi connectivity index (χ1) is 13.6. The van der Waals surface area contributed by atoms with Gasteiger partial charge in [-0.05, 0) is 63.3 Å². The fraction of sp³-hybridized carbons (Fsp3) is 0.478. The van der Waals surface area contributed by atoms with Gasteiger partial charge in [0.1, 0.15) is 5.75 Å². The van der Waals surface area contributed by atoms with Gasteiger partial charge in [0.05, 0.1) is 17.3 Å². The molecular weight excluding hydrogens is 370 g/mol. The van der Waals surface area contributed by atoms with E-state index < -0.39 is 0 Å². The minimum absolute atomic E-state index is 0.784. The van der Waals surface area contributed by atoms with Crippen LogP contribution in [-0.2, 0) is 6.54 Å². The second kappa shape index (κ2) is 10.7. The van der Waals surface area contributed by atoms with Crippen LogP contribution in [0.1, 0.15) is 18.4 Å². The fourth-order valence-corrected chi connectivity index (χ4v) is 3.86. The lowest BCUT2D eigenvalue weighted by atomic mass is 10.2. The van der Waals surface area contributed by atoms with Crippen molar-refractivity contribution in [3.63, 3.8) is 0 Å². The molecule has 0 radical (unpaired) electrons. The number of ether oxygens (including phenoxy) is 1. The standard InChI is InChI=1S/C23H32ClN3O/c1-25(2)19-20-9-11-21(12-10-20)28-18-6-5-13-26-14-16-27(17-15-26)23-8-4-3-7-22(23)24/h3-4,7-12H,5-6,13-19H2,1-2H3. The molecule has 2 aromatic carbocycles. The van der Waals surface area contributed by atoms with E-state index in [1.54, 1.807) is 0 Å². The van der Waals surface area contributed by atoms with Crippen molar-refractivity contribution in [2.45, 2.75) is 19.4 Å². The maximum Gasteiger partial charge on any atom is 0.119 e. The predicted octanol–water partition coefficient (Wildman–Crippen LogP) is 4.38. The number of hydrogen-bond acceptors (Lipinski definition) is 4. The smallest absolute Gasteiger partial charge is 0.119 e. The first-order valence-electron chi connectivity index (χ1n) is 10.2. The van der Waals surface area contributed by atoms with Crippen molar-refractivity contribution in [3.8, 4) is 5.75 Å². The van der Waals surface area contributed by atoms with Gasteiger partial charge >= 0.3 is 0 Å². The van der Waals surface area contributed by atoms with Gasteiger partial charge < -0.3 is 14.5 Å². The molecule has 1 aliphatic rings. The number of nitrogens with zero attached hydrogens (tertiary/aromatic N) is 3. The SMILES string of the molecule is CN(C)Cc1ccc(OCCCCN2CCN(c3ccccc3Cl)CC2)cc1. The van der Waals surface area contributed by atoms with E-state index in [4.69, 9.17) is 16.3 Å². The third-order valence-corrected chi connectivity index (χ3v) is 5.44. The molecule has 28 heavy (non-hydrogen) atoms. The molecule has 2 aromatic rings. The summed E-state index contributed by atoms with van der Waals surface area (Å²) in [4.78, 5) is 7.11. The van der Waals surface area contributed by atoms with Gasteiger partial charge in [-0.15, -0.1) is 0 Å². The molecular formula is C23H32ClN3O. The van der Waals surface area contributed by atoms with Gasteiger partial charge in [0, 0.05) is 32.7 Å². The van der Waals surface area contributed by atoms with Gasteiger partial charge in [0.25, 0.3) is 0 Å². The van der Waals surface area contributed by atoms with Crippen molar-refractivity contribution in [1.29, 1.82) is 0 Å². The molecule has 4 nitrogen and oxygen atoms in total. The fourth-order valence-electron chi connectivity index (χ4n) is 3.60. The maximum absolute atomic E-state index is 6.32. The van der Waals surface area contributed by atoms with Crippen LogP contribution in [0.4, 0.5) is 5.69 Å². The van der Waals surface area contributed by atoms with Crippen LogP contribution in [0.2, 0.25) is 5.02 Å². The second-order valence-electron chi connectivity index (χ2n) is 7.72. The maximum atomic E-state index is 6.32. The average molecular weight is 402 g/mol. The molecule has 0 aliphatic carbocycles. The number of hydrogen-bond donors (Lipinski definition) is 0. The van der Waals surface area contributed by atoms with E-state index in [-0.39, 0.29) is 0 Å². The van der Waals surface area contributed by atoms with E-state index >= 15 is 0 Å². The molecule has 0 saturated carbocycles. The Balaban J connectivity index is 1.30. The number of rotatable bonds is 9. The summed E-state index contributed by atoms with van der Waals surface area (Å²) in [6.45, 7) is 7.16. The van der Waals surface area contributed by atoms with Crippen molar-refractivity contribution in [1.82, 2.24) is 9.80 Å². The second-order valence-corrected chi connectivity index (χ2v) is 8.12. The van der Waals surface area contributed by atoms with E-state index in [9.17, 15) is 0 Å². The third-order valence-electron chi connectivity index (χ3n) is 5.12. The molecule has 1 saturated heterocycles. The molecule has 0 atom stereocenters. The van der Waals surface area contributed by atoms with Gasteiger partial charge in [0.15, 0.2) is 0 Å². The van der Waals surface area contributed by atoms with Gasteiger partial charge in [-0.25, -0.2) is 0 Å². The Bertz CT molecular complexity index is 712. The lowest BCUT2D eigenvalue weighted by Gasteiger charge is -2.36. The lowest BCUT2D eigenvalue weighted by Crippen LogP contribution is -2.46. The normalized spacial score (nSPS) is 15.2. The summed E-state index contributed by atoms with van der Waals surface area (Å²) in [6, 6.07) is 16.6. The van der Waals surface area contributed by atoms with Crippen LogP contribution >= 0.6 is 11.6 Å². The van der Waals surface area contributed by atoms with Crippen LogP contribution in [0.3, 0.4) is 0 Å². The average Bonchev–Trinajstić information content (AvgIpc) is 2.70. The molecule has 0 unspecified atom stereocenters. The van der Waals surface area contributed by atoms with Crippen molar-refractivity contribution in [2.75, 3.05) is 58.3 Å². The van der Waals surface area contributed by atoms with Gasteiger partial charge in [-0.2, -0.15) is 0 Å². The molecule has 0 aromatic heterocycles. The predicted molar refractivity (Wildman–Crippen MR) is 119 cm³/mol. The van der Waals surface area contributed by atoms with Crippen molar-refractivity contribution in [2.24, 2.45) is 0 Å². The number of piperazine rings is 1. The molecule has 1 fully saturated rings. The largest absolute Gasteiger partial charge is 0.494 e. The lowest BCUT2D eigenvalue weighted by molar-refractivity contribution is 0.238. The Morgan fingerprint density at radius 3 is 2.32 bits per heavy atom. The monoisotopic (exact) mass is 401 g/mol. The Kier molecular flexibility index (Phi) is 8.01. The summed E-state index contributed by atoms with van der Waals surface area (Å²) in [7, 11) is 4.17. The molecule has 152 valence electrons. The summed E-state index contributed by atoms with van der Waals surface area (Å²) in [5, 5.41) is 0.850. The highest BCUT2D eigenvalue weighted by Gasteiger charge is 2.18. The van der Waals surface area contributed by atoms with E-state index in [1.165, 1.54) is 12.0 Å². The zero-order chi connectivity index (χ0) is 19.8. The highest BCUT2D eigenvalue weighted by atomic mass is 35.5. The number of unbranched alkanes of at least 4 members (excludes halogenated alkanes) is 1. The van der Waals surface area contributed by atoms with Crippen LogP contribution in [0.5, 0.6) is 5.75 Å². The van der Waals surface area contributed by atoms with Crippen LogP contribution in [0.15, 0.2) is 48.5 Å². The van der Waals surface area contributed by atoms with E-state index in [1.807, 2.05) is 12.1 Å². The molecule has 1 aliphatic heterocycles. The van der Waals surface area contributed by atoms with Crippen molar-refractivity contribution in [3.05, 3.63) is 59.1 Å². The Morgan fingerprint density at radius 2 is 1.64 bits per heavy atom. The number of para-hydroxylation sites is 1. The van der Waals surface area contributed by atoms with Crippen molar-refractivity contribution >= 4 is 17.3 Å². The minimum Gasteiger partial charge on any atom is -0.494 e. The summed E-state index contributed by atoms with van der Waals surface area (Å²) in [5.74, 6) is 0.968. The highest BCUT2D eigenvalue weighted by Crippen LogP contribution is 2.26. The van der Waals surface area contributed by atoms with Gasteiger partial charge in [-0.1, -0.05) is 35.9 Å². The molecule has 0 N–H and O–H groups in total. The molecule has 0 bridgehead atoms. The van der Waals surface area contributed by atoms with Crippen molar-refractivity contribution < 1.29 is 4.74 Å². The van der Waals surface area contributed by atoms with Crippen LogP contribution in [0.25, 0.3) is 0 Å². The van der Waals surface area contributed by atoms with E-state index in [0.717, 1.165) is 68.8 Å². The quantitative estimate of drug-likeness (QED) is 0.580. The zero-order valence-corrected chi connectivity index (χ0v) is 17.9. The van der Waals surface area contributed by atoms with Crippen LogP contribution < -0.4 is 9.64 Å². The highest BCUT2D eigenvalue weighted by molar-refractivity contribution is 6.33. The summed E-state index contributed by atoms with van der Waals surface area (Å²) >= 11 is 6.32. The first kappa shape index (κ1) is 21.0. The Labute approximate surface area is 174 Å². The first-order valence-corrected chi connectivity index (χ1v) is 10.6. The Hall–Kier alpha value is -1.75. The summed E-state index contributed by atoms with van der Waals surface area (Å²) in [6.07, 6.45) is 2.26. The van der Waals surface area contributed by atoms with Gasteiger partial charge in [0.2, 0.25) is 0 Å². The molecule has 0 spiro atoms. The molecule has 3 rings (SSSR count). The van der Waals surface area contributed by atoms with E-state index in [0.29, 0.717) is 0 Å². The van der Waals surface area contributed by atoms with Crippen LogP contribution in [-0.4, -0.2) is 63.2 Å². The Morgan fingerprint density at radius 1 is 0.929 bits per heavy atom. The summed E-state index contributed by atoms with van der Waals surface area (Å²) < 4.78 is 5.89.